The minimum absolute atomic E-state index is 0.150. The Hall–Kier alpha value is -3.52. The maximum atomic E-state index is 12.1. The molecule has 0 unspecified atom stereocenters. The Balaban J connectivity index is 1.89. The van der Waals surface area contributed by atoms with E-state index < -0.39 is 5.97 Å². The number of hydrogen-bond acceptors (Lipinski definition) is 5. The van der Waals surface area contributed by atoms with Gasteiger partial charge in [0.2, 0.25) is 5.90 Å². The summed E-state index contributed by atoms with van der Waals surface area (Å²) in [6.07, 6.45) is 6.87. The first-order valence-corrected chi connectivity index (χ1v) is 8.12. The number of ether oxygens (including phenoxy) is 3. The topological polar surface area (TPSA) is 57.1 Å². The van der Waals surface area contributed by atoms with Gasteiger partial charge in [-0.3, -0.25) is 0 Å². The first-order valence-electron chi connectivity index (χ1n) is 8.12. The van der Waals surface area contributed by atoms with Crippen LogP contribution in [0.2, 0.25) is 0 Å². The maximum Gasteiger partial charge on any atom is 0.363 e. The highest BCUT2D eigenvalue weighted by Crippen LogP contribution is 2.30. The molecule has 5 nitrogen and oxygen atoms in total. The Labute approximate surface area is 151 Å². The smallest absolute Gasteiger partial charge is 0.363 e. The molecule has 2 aromatic rings. The van der Waals surface area contributed by atoms with Crippen molar-refractivity contribution in [3.8, 4) is 23.8 Å². The number of esters is 1. The summed E-state index contributed by atoms with van der Waals surface area (Å²) in [6.45, 7) is 2.50. The van der Waals surface area contributed by atoms with E-state index in [1.807, 2.05) is 37.3 Å². The number of terminal acetylenes is 1. The van der Waals surface area contributed by atoms with E-state index in [9.17, 15) is 4.79 Å². The van der Waals surface area contributed by atoms with Gasteiger partial charge in [-0.1, -0.05) is 30.2 Å². The van der Waals surface area contributed by atoms with Crippen molar-refractivity contribution in [2.24, 2.45) is 4.99 Å². The number of hydrogen-bond donors (Lipinski definition) is 0. The highest BCUT2D eigenvalue weighted by molar-refractivity contribution is 6.12. The summed E-state index contributed by atoms with van der Waals surface area (Å²) in [7, 11) is 0. The standard InChI is InChI=1S/C21H17NO4/c1-3-12-25-18-11-10-15(14-19(18)24-4-2)13-17-21(23)26-20(22-17)16-8-6-5-7-9-16/h1,5-11,13-14H,4,12H2,2H3/b17-13-. The van der Waals surface area contributed by atoms with Crippen LogP contribution >= 0.6 is 0 Å². The van der Waals surface area contributed by atoms with Crippen molar-refractivity contribution in [2.75, 3.05) is 13.2 Å². The fraction of sp³-hybridized carbons (Fsp3) is 0.143. The van der Waals surface area contributed by atoms with Crippen LogP contribution in [0.25, 0.3) is 6.08 Å². The average molecular weight is 347 g/mol. The Kier molecular flexibility index (Phi) is 5.35. The highest BCUT2D eigenvalue weighted by atomic mass is 16.6. The molecule has 0 fully saturated rings. The van der Waals surface area contributed by atoms with Gasteiger partial charge in [-0.15, -0.1) is 6.42 Å². The first-order chi connectivity index (χ1) is 12.7. The predicted molar refractivity (Wildman–Crippen MR) is 99.0 cm³/mol. The second kappa shape index (κ2) is 8.04. The van der Waals surface area contributed by atoms with E-state index in [1.54, 1.807) is 24.3 Å². The SMILES string of the molecule is C#CCOc1ccc(/C=C2\N=C(c3ccccc3)OC2=O)cc1OCC. The fourth-order valence-electron chi connectivity index (χ4n) is 2.39. The molecule has 0 N–H and O–H groups in total. The summed E-state index contributed by atoms with van der Waals surface area (Å²) in [5.74, 6) is 3.32. The number of rotatable bonds is 6. The number of aliphatic imine (C=N–C) groups is 1. The van der Waals surface area contributed by atoms with Gasteiger partial charge < -0.3 is 14.2 Å². The van der Waals surface area contributed by atoms with Crippen LogP contribution in [-0.4, -0.2) is 25.1 Å². The normalized spacial score (nSPS) is 14.5. The summed E-state index contributed by atoms with van der Waals surface area (Å²) in [4.78, 5) is 16.4. The van der Waals surface area contributed by atoms with Gasteiger partial charge in [0.25, 0.3) is 0 Å². The molecule has 26 heavy (non-hydrogen) atoms. The Morgan fingerprint density at radius 1 is 1.15 bits per heavy atom. The Morgan fingerprint density at radius 2 is 1.96 bits per heavy atom. The maximum absolute atomic E-state index is 12.1. The fourth-order valence-corrected chi connectivity index (χ4v) is 2.39. The van der Waals surface area contributed by atoms with Crippen molar-refractivity contribution in [2.45, 2.75) is 6.92 Å². The minimum atomic E-state index is -0.491. The molecule has 0 aliphatic carbocycles. The van der Waals surface area contributed by atoms with Crippen LogP contribution in [-0.2, 0) is 9.53 Å². The van der Waals surface area contributed by atoms with Crippen LogP contribution in [0.1, 0.15) is 18.1 Å². The second-order valence-electron chi connectivity index (χ2n) is 5.33. The Morgan fingerprint density at radius 3 is 2.69 bits per heavy atom. The first kappa shape index (κ1) is 17.3. The van der Waals surface area contributed by atoms with E-state index >= 15 is 0 Å². The molecule has 1 heterocycles. The molecule has 130 valence electrons. The lowest BCUT2D eigenvalue weighted by Gasteiger charge is -2.10. The molecule has 3 rings (SSSR count). The summed E-state index contributed by atoms with van der Waals surface area (Å²) in [5, 5.41) is 0. The lowest BCUT2D eigenvalue weighted by molar-refractivity contribution is -0.129. The van der Waals surface area contributed by atoms with Crippen molar-refractivity contribution < 1.29 is 19.0 Å². The molecule has 0 amide bonds. The lowest BCUT2D eigenvalue weighted by atomic mass is 10.1. The second-order valence-corrected chi connectivity index (χ2v) is 5.33. The quantitative estimate of drug-likeness (QED) is 0.456. The zero-order valence-corrected chi connectivity index (χ0v) is 14.3. The highest BCUT2D eigenvalue weighted by Gasteiger charge is 2.24. The van der Waals surface area contributed by atoms with Crippen molar-refractivity contribution in [3.63, 3.8) is 0 Å². The van der Waals surface area contributed by atoms with Crippen LogP contribution in [0.5, 0.6) is 11.5 Å². The van der Waals surface area contributed by atoms with Crippen molar-refractivity contribution in [1.29, 1.82) is 0 Å². The van der Waals surface area contributed by atoms with Gasteiger partial charge in [0, 0.05) is 5.56 Å². The number of cyclic esters (lactones) is 1. The Bertz CT molecular complexity index is 907. The molecule has 1 aliphatic heterocycles. The average Bonchev–Trinajstić information content (AvgIpc) is 3.03. The van der Waals surface area contributed by atoms with Gasteiger partial charge in [0.15, 0.2) is 17.2 Å². The summed E-state index contributed by atoms with van der Waals surface area (Å²) in [6, 6.07) is 14.6. The third-order valence-electron chi connectivity index (χ3n) is 3.52. The van der Waals surface area contributed by atoms with Crippen LogP contribution < -0.4 is 9.47 Å². The lowest BCUT2D eigenvalue weighted by Crippen LogP contribution is -2.05. The predicted octanol–water partition coefficient (Wildman–Crippen LogP) is 3.44. The molecular formula is C21H17NO4. The van der Waals surface area contributed by atoms with Crippen molar-refractivity contribution in [3.05, 3.63) is 65.4 Å². The molecule has 0 atom stereocenters. The zero-order valence-electron chi connectivity index (χ0n) is 14.3. The molecule has 0 spiro atoms. The monoisotopic (exact) mass is 347 g/mol. The van der Waals surface area contributed by atoms with Gasteiger partial charge >= 0.3 is 5.97 Å². The molecule has 0 bridgehead atoms. The van der Waals surface area contributed by atoms with Gasteiger partial charge in [0.05, 0.1) is 6.61 Å². The van der Waals surface area contributed by atoms with Gasteiger partial charge in [-0.2, -0.15) is 0 Å². The number of nitrogens with zero attached hydrogens (tertiary/aromatic N) is 1. The molecule has 0 aromatic heterocycles. The molecule has 0 saturated heterocycles. The van der Waals surface area contributed by atoms with Crippen LogP contribution in [0.3, 0.4) is 0 Å². The van der Waals surface area contributed by atoms with E-state index in [0.29, 0.717) is 24.0 Å². The molecule has 0 radical (unpaired) electrons. The van der Waals surface area contributed by atoms with Crippen LogP contribution in [0, 0.1) is 12.3 Å². The minimum Gasteiger partial charge on any atom is -0.490 e. The van der Waals surface area contributed by atoms with Crippen LogP contribution in [0.15, 0.2) is 59.2 Å². The van der Waals surface area contributed by atoms with Crippen molar-refractivity contribution >= 4 is 17.9 Å². The molecule has 1 aliphatic rings. The number of carbonyl (C=O) groups excluding carboxylic acids is 1. The van der Waals surface area contributed by atoms with Gasteiger partial charge in [-0.25, -0.2) is 9.79 Å². The van der Waals surface area contributed by atoms with Crippen molar-refractivity contribution in [1.82, 2.24) is 0 Å². The summed E-state index contributed by atoms with van der Waals surface area (Å²) >= 11 is 0. The largest absolute Gasteiger partial charge is 0.490 e. The molecule has 0 saturated carbocycles. The molecular weight excluding hydrogens is 330 g/mol. The van der Waals surface area contributed by atoms with Gasteiger partial charge in [-0.05, 0) is 42.8 Å². The van der Waals surface area contributed by atoms with E-state index in [2.05, 4.69) is 10.9 Å². The number of benzene rings is 2. The summed E-state index contributed by atoms with van der Waals surface area (Å²) < 4.78 is 16.3. The van der Waals surface area contributed by atoms with E-state index in [0.717, 1.165) is 11.1 Å². The molecule has 2 aromatic carbocycles. The zero-order chi connectivity index (χ0) is 18.4. The van der Waals surface area contributed by atoms with E-state index in [4.69, 9.17) is 20.6 Å². The molecule has 5 heteroatoms. The summed E-state index contributed by atoms with van der Waals surface area (Å²) in [5.41, 5.74) is 1.72. The van der Waals surface area contributed by atoms with E-state index in [1.165, 1.54) is 0 Å². The van der Waals surface area contributed by atoms with Gasteiger partial charge in [0.1, 0.15) is 6.61 Å². The third-order valence-corrected chi connectivity index (χ3v) is 3.52. The number of carbonyl (C=O) groups is 1. The van der Waals surface area contributed by atoms with E-state index in [-0.39, 0.29) is 12.3 Å². The third kappa shape index (κ3) is 3.93. The van der Waals surface area contributed by atoms with Crippen LogP contribution in [0.4, 0.5) is 0 Å².